The smallest absolute Gasteiger partial charge is 0.311 e. The van der Waals surface area contributed by atoms with Crippen molar-refractivity contribution in [3.63, 3.8) is 0 Å². The molecule has 2 aliphatic heterocycles. The summed E-state index contributed by atoms with van der Waals surface area (Å²) in [5.41, 5.74) is 8.70. The van der Waals surface area contributed by atoms with Gasteiger partial charge in [0.25, 0.3) is 6.71 Å². The number of nitrogens with zero attached hydrogens (tertiary/aromatic N) is 2. The lowest BCUT2D eigenvalue weighted by Crippen LogP contribution is -2.61. The van der Waals surface area contributed by atoms with Crippen molar-refractivity contribution in [2.45, 2.75) is 115 Å². The van der Waals surface area contributed by atoms with E-state index in [1.807, 2.05) is 0 Å². The summed E-state index contributed by atoms with van der Waals surface area (Å²) in [6, 6.07) is 34.1. The molecule has 5 aromatic carbocycles. The minimum atomic E-state index is -4.46. The molecule has 5 aromatic rings. The van der Waals surface area contributed by atoms with Crippen molar-refractivity contribution < 1.29 is 13.2 Å². The number of hydrogen-bond acceptors (Lipinski definition) is 3. The fourth-order valence-electron chi connectivity index (χ4n) is 7.88. The van der Waals surface area contributed by atoms with Gasteiger partial charge in [0.1, 0.15) is 0 Å². The molecule has 0 radical (unpaired) electrons. The molecule has 0 saturated carbocycles. The van der Waals surface area contributed by atoms with Crippen LogP contribution in [0.25, 0.3) is 0 Å². The number of hydrogen-bond donors (Lipinski definition) is 0. The van der Waals surface area contributed by atoms with Crippen molar-refractivity contribution in [2.75, 3.05) is 9.80 Å². The number of thioether (sulfide) groups is 1. The van der Waals surface area contributed by atoms with Crippen LogP contribution in [0.15, 0.2) is 102 Å². The fraction of sp³-hybridized carbons (Fsp3) is 0.362. The van der Waals surface area contributed by atoms with Gasteiger partial charge in [-0.15, -0.1) is 0 Å². The van der Waals surface area contributed by atoms with Gasteiger partial charge in [0.2, 0.25) is 0 Å². The number of fused-ring (bicyclic) bond motifs is 4. The molecule has 0 atom stereocenters. The summed E-state index contributed by atoms with van der Waals surface area (Å²) in [4.78, 5) is 4.56. The third kappa shape index (κ3) is 6.98. The van der Waals surface area contributed by atoms with E-state index in [1.165, 1.54) is 22.3 Å². The second-order valence-corrected chi connectivity index (χ2v) is 20.3. The van der Waals surface area contributed by atoms with Crippen LogP contribution in [0.5, 0.6) is 0 Å². The Morgan fingerprint density at radius 3 is 1.07 bits per heavy atom. The first kappa shape index (κ1) is 38.2. The highest BCUT2D eigenvalue weighted by Gasteiger charge is 2.45. The topological polar surface area (TPSA) is 6.48 Å². The van der Waals surface area contributed by atoms with Crippen LogP contribution in [0.4, 0.5) is 47.3 Å². The van der Waals surface area contributed by atoms with Crippen LogP contribution in [0.2, 0.25) is 0 Å². The van der Waals surface area contributed by atoms with Gasteiger partial charge >= 0.3 is 5.51 Å². The Kier molecular flexibility index (Phi) is 9.00. The quantitative estimate of drug-likeness (QED) is 0.131. The van der Waals surface area contributed by atoms with Crippen molar-refractivity contribution in [1.82, 2.24) is 0 Å². The number of anilines is 6. The molecule has 7 heteroatoms. The molecule has 0 spiro atoms. The summed E-state index contributed by atoms with van der Waals surface area (Å²) in [5.74, 6) is 0. The van der Waals surface area contributed by atoms with Gasteiger partial charge in [-0.3, -0.25) is 0 Å². The molecular weight excluding hydrogens is 692 g/mol. The van der Waals surface area contributed by atoms with Gasteiger partial charge in [-0.1, -0.05) is 132 Å². The van der Waals surface area contributed by atoms with Crippen LogP contribution in [0, 0.1) is 0 Å². The highest BCUT2D eigenvalue weighted by molar-refractivity contribution is 8.00. The molecular formula is C47H52BF3N2S. The van der Waals surface area contributed by atoms with Gasteiger partial charge in [-0.05, 0) is 121 Å². The Morgan fingerprint density at radius 2 is 0.759 bits per heavy atom. The SMILES string of the molecule is CC(C)(C)c1ccc(N2c3ccc(C(C)(C)C)cc3B3c4cc(C(C)(C)C)ccc4N(c4ccc(C(C)(C)C)cc4)c4cc(SC(F)(F)F)cc2c43)cc1. The molecule has 0 aliphatic carbocycles. The van der Waals surface area contributed by atoms with Crippen LogP contribution in [-0.2, 0) is 21.7 Å². The average molecular weight is 745 g/mol. The second-order valence-electron chi connectivity index (χ2n) is 19.2. The van der Waals surface area contributed by atoms with E-state index in [-0.39, 0.29) is 45.0 Å². The fourth-order valence-corrected chi connectivity index (χ4v) is 8.49. The third-order valence-electron chi connectivity index (χ3n) is 11.0. The van der Waals surface area contributed by atoms with E-state index in [2.05, 4.69) is 178 Å². The van der Waals surface area contributed by atoms with E-state index < -0.39 is 5.51 Å². The zero-order valence-corrected chi connectivity index (χ0v) is 34.6. The molecule has 0 unspecified atom stereocenters. The van der Waals surface area contributed by atoms with Crippen molar-refractivity contribution in [3.8, 4) is 0 Å². The summed E-state index contributed by atoms with van der Waals surface area (Å²) in [7, 11) is 0. The summed E-state index contributed by atoms with van der Waals surface area (Å²) in [6.45, 7) is 26.3. The summed E-state index contributed by atoms with van der Waals surface area (Å²) < 4.78 is 43.1. The second kappa shape index (κ2) is 12.7. The van der Waals surface area contributed by atoms with Crippen molar-refractivity contribution in [2.24, 2.45) is 0 Å². The van der Waals surface area contributed by atoms with E-state index in [1.54, 1.807) is 12.1 Å². The largest absolute Gasteiger partial charge is 0.446 e. The Balaban J connectivity index is 1.60. The van der Waals surface area contributed by atoms with E-state index in [9.17, 15) is 13.2 Å². The Bertz CT molecular complexity index is 2080. The maximum absolute atomic E-state index is 14.4. The first-order valence-electron chi connectivity index (χ1n) is 19.0. The van der Waals surface area contributed by atoms with Gasteiger partial charge < -0.3 is 9.80 Å². The molecule has 0 amide bonds. The molecule has 280 valence electrons. The number of rotatable bonds is 3. The summed E-state index contributed by atoms with van der Waals surface area (Å²) in [5, 5.41) is 0. The molecule has 0 fully saturated rings. The molecule has 0 N–H and O–H groups in total. The predicted molar refractivity (Wildman–Crippen MR) is 227 cm³/mol. The lowest BCUT2D eigenvalue weighted by molar-refractivity contribution is -0.0328. The maximum Gasteiger partial charge on any atom is 0.446 e. The van der Waals surface area contributed by atoms with Gasteiger partial charge in [0, 0.05) is 39.0 Å². The molecule has 7 rings (SSSR count). The number of halogens is 3. The molecule has 2 aliphatic rings. The van der Waals surface area contributed by atoms with E-state index in [0.29, 0.717) is 0 Å². The van der Waals surface area contributed by atoms with Gasteiger partial charge in [0.15, 0.2) is 0 Å². The summed E-state index contributed by atoms with van der Waals surface area (Å²) >= 11 is -0.0446. The minimum absolute atomic E-state index is 0.0446. The summed E-state index contributed by atoms with van der Waals surface area (Å²) in [6.07, 6.45) is 0. The van der Waals surface area contributed by atoms with E-state index >= 15 is 0 Å². The zero-order valence-electron chi connectivity index (χ0n) is 33.8. The van der Waals surface area contributed by atoms with Gasteiger partial charge in [-0.2, -0.15) is 13.2 Å². The van der Waals surface area contributed by atoms with E-state index in [4.69, 9.17) is 0 Å². The number of alkyl halides is 3. The lowest BCUT2D eigenvalue weighted by Gasteiger charge is -2.45. The standard InChI is InChI=1S/C47H52BF3N2S/c1-43(2,3)29-13-19-33(20-14-29)52-38-23-17-31(45(7,8)9)25-36(38)48-37-26-32(46(10,11)12)18-24-39(37)53(34-21-15-30(16-22-34)44(4,5)6)41-28-35(54-47(49,50)51)27-40(52)42(41)48/h13-28H,1-12H3. The van der Waals surface area contributed by atoms with Crippen LogP contribution in [0.3, 0.4) is 0 Å². The van der Waals surface area contributed by atoms with Gasteiger partial charge in [-0.25, -0.2) is 0 Å². The highest BCUT2D eigenvalue weighted by Crippen LogP contribution is 2.49. The Morgan fingerprint density at radius 1 is 0.426 bits per heavy atom. The molecule has 0 aromatic heterocycles. The molecule has 0 bridgehead atoms. The van der Waals surface area contributed by atoms with Crippen molar-refractivity contribution >= 4 is 69.0 Å². The highest BCUT2D eigenvalue weighted by atomic mass is 32.2. The van der Waals surface area contributed by atoms with E-state index in [0.717, 1.165) is 50.5 Å². The Labute approximate surface area is 325 Å². The van der Waals surface area contributed by atoms with Crippen LogP contribution < -0.4 is 26.2 Å². The van der Waals surface area contributed by atoms with Crippen molar-refractivity contribution in [3.05, 3.63) is 119 Å². The molecule has 0 saturated heterocycles. The van der Waals surface area contributed by atoms with Crippen LogP contribution in [-0.4, -0.2) is 12.2 Å². The maximum atomic E-state index is 14.4. The van der Waals surface area contributed by atoms with Crippen LogP contribution >= 0.6 is 11.8 Å². The zero-order chi connectivity index (χ0) is 39.3. The minimum Gasteiger partial charge on any atom is -0.311 e. The van der Waals surface area contributed by atoms with Crippen molar-refractivity contribution in [1.29, 1.82) is 0 Å². The monoisotopic (exact) mass is 744 g/mol. The first-order valence-corrected chi connectivity index (χ1v) is 19.8. The number of benzene rings is 5. The Hall–Kier alpha value is -4.10. The third-order valence-corrected chi connectivity index (χ3v) is 11.7. The van der Waals surface area contributed by atoms with Crippen LogP contribution in [0.1, 0.15) is 105 Å². The molecule has 2 heterocycles. The average Bonchev–Trinajstić information content (AvgIpc) is 3.05. The molecule has 2 nitrogen and oxygen atoms in total. The normalized spacial score (nSPS) is 14.5. The molecule has 54 heavy (non-hydrogen) atoms. The lowest BCUT2D eigenvalue weighted by atomic mass is 9.33. The van der Waals surface area contributed by atoms with Gasteiger partial charge in [0.05, 0.1) is 0 Å². The predicted octanol–water partition coefficient (Wildman–Crippen LogP) is 12.6. The first-order chi connectivity index (χ1) is 24.9.